The second-order valence-corrected chi connectivity index (χ2v) is 5.96. The molecule has 0 unspecified atom stereocenters. The summed E-state index contributed by atoms with van der Waals surface area (Å²) in [5.74, 6) is 0.0684. The van der Waals surface area contributed by atoms with Crippen LogP contribution >= 0.6 is 0 Å². The van der Waals surface area contributed by atoms with Crippen LogP contribution in [0.25, 0.3) is 0 Å². The summed E-state index contributed by atoms with van der Waals surface area (Å²) >= 11 is 0. The van der Waals surface area contributed by atoms with Crippen LogP contribution in [0.3, 0.4) is 0 Å². The predicted molar refractivity (Wildman–Crippen MR) is 86.6 cm³/mol. The summed E-state index contributed by atoms with van der Waals surface area (Å²) in [6.45, 7) is 9.15. The van der Waals surface area contributed by atoms with E-state index in [1.54, 1.807) is 6.20 Å². The number of likely N-dealkylation sites (tertiary alicyclic amines) is 1. The van der Waals surface area contributed by atoms with Crippen LogP contribution in [-0.4, -0.2) is 35.4 Å². The van der Waals surface area contributed by atoms with Gasteiger partial charge in [0.25, 0.3) is 5.91 Å². The molecule has 0 aromatic carbocycles. The van der Waals surface area contributed by atoms with Gasteiger partial charge in [-0.2, -0.15) is 0 Å². The van der Waals surface area contributed by atoms with E-state index in [9.17, 15) is 4.79 Å². The van der Waals surface area contributed by atoms with E-state index >= 15 is 0 Å². The van der Waals surface area contributed by atoms with Gasteiger partial charge in [-0.05, 0) is 37.3 Å². The van der Waals surface area contributed by atoms with Crippen molar-refractivity contribution in [1.82, 2.24) is 9.88 Å². The first-order valence-electron chi connectivity index (χ1n) is 8.13. The van der Waals surface area contributed by atoms with E-state index in [2.05, 4.69) is 24.1 Å². The van der Waals surface area contributed by atoms with Crippen molar-refractivity contribution in [2.75, 3.05) is 25.0 Å². The van der Waals surface area contributed by atoms with Crippen LogP contribution in [0.15, 0.2) is 18.3 Å². The Kier molecular flexibility index (Phi) is 5.21. The van der Waals surface area contributed by atoms with Gasteiger partial charge >= 0.3 is 0 Å². The van der Waals surface area contributed by atoms with E-state index in [0.717, 1.165) is 38.2 Å². The number of piperidine rings is 1. The molecule has 1 amide bonds. The fraction of sp³-hybridized carbons (Fsp3) is 0.647. The number of pyridine rings is 1. The van der Waals surface area contributed by atoms with Crippen LogP contribution in [0.4, 0.5) is 5.69 Å². The van der Waals surface area contributed by atoms with E-state index < -0.39 is 0 Å². The third-order valence-corrected chi connectivity index (χ3v) is 4.97. The summed E-state index contributed by atoms with van der Waals surface area (Å²) in [5, 5.41) is 3.19. The lowest BCUT2D eigenvalue weighted by Gasteiger charge is -2.40. The molecule has 1 fully saturated rings. The van der Waals surface area contributed by atoms with Crippen molar-refractivity contribution in [3.8, 4) is 0 Å². The molecule has 2 heterocycles. The van der Waals surface area contributed by atoms with Crippen LogP contribution < -0.4 is 5.32 Å². The lowest BCUT2D eigenvalue weighted by molar-refractivity contribution is 0.0552. The number of carbonyl (C=O) groups is 1. The van der Waals surface area contributed by atoms with Gasteiger partial charge in [0.15, 0.2) is 0 Å². The summed E-state index contributed by atoms with van der Waals surface area (Å²) < 4.78 is 0. The van der Waals surface area contributed by atoms with Crippen molar-refractivity contribution < 1.29 is 4.79 Å². The summed E-state index contributed by atoms with van der Waals surface area (Å²) in [5.41, 5.74) is 1.96. The van der Waals surface area contributed by atoms with Gasteiger partial charge in [-0.1, -0.05) is 26.7 Å². The summed E-state index contributed by atoms with van der Waals surface area (Å²) in [6, 6.07) is 3.75. The minimum absolute atomic E-state index is 0.0684. The molecule has 21 heavy (non-hydrogen) atoms. The largest absolute Gasteiger partial charge is 0.384 e. The summed E-state index contributed by atoms with van der Waals surface area (Å²) in [6.07, 6.45) is 6.38. The third-order valence-electron chi connectivity index (χ3n) is 4.97. The van der Waals surface area contributed by atoms with E-state index in [1.165, 1.54) is 12.8 Å². The number of anilines is 1. The molecule has 0 bridgehead atoms. The lowest BCUT2D eigenvalue weighted by Crippen LogP contribution is -2.43. The Morgan fingerprint density at radius 1 is 1.24 bits per heavy atom. The number of hydrogen-bond acceptors (Lipinski definition) is 3. The Morgan fingerprint density at radius 2 is 1.90 bits per heavy atom. The highest BCUT2D eigenvalue weighted by atomic mass is 16.2. The zero-order valence-electron chi connectivity index (χ0n) is 13.5. The number of hydrogen-bond donors (Lipinski definition) is 1. The molecule has 0 saturated carbocycles. The smallest absolute Gasteiger partial charge is 0.272 e. The first-order chi connectivity index (χ1) is 10.1. The summed E-state index contributed by atoms with van der Waals surface area (Å²) in [7, 11) is 0. The zero-order valence-corrected chi connectivity index (χ0v) is 13.5. The number of amides is 1. The van der Waals surface area contributed by atoms with E-state index in [-0.39, 0.29) is 5.91 Å². The minimum atomic E-state index is 0.0684. The van der Waals surface area contributed by atoms with Crippen molar-refractivity contribution in [2.45, 2.75) is 46.5 Å². The van der Waals surface area contributed by atoms with Crippen molar-refractivity contribution in [2.24, 2.45) is 5.41 Å². The Balaban J connectivity index is 1.98. The molecule has 4 heteroatoms. The number of rotatable bonds is 5. The molecule has 0 radical (unpaired) electrons. The number of carbonyl (C=O) groups excluding carboxylic acids is 1. The Bertz CT molecular complexity index is 455. The lowest BCUT2D eigenvalue weighted by atomic mass is 9.74. The van der Waals surface area contributed by atoms with Crippen LogP contribution in [0, 0.1) is 5.41 Å². The average Bonchev–Trinajstić information content (AvgIpc) is 2.55. The maximum absolute atomic E-state index is 12.5. The molecular weight excluding hydrogens is 262 g/mol. The molecule has 1 aromatic heterocycles. The summed E-state index contributed by atoms with van der Waals surface area (Å²) in [4.78, 5) is 18.8. The SMILES string of the molecule is CCNc1ccc(C(=O)N2CCC(CC)(CC)CC2)nc1. The second-order valence-electron chi connectivity index (χ2n) is 5.96. The fourth-order valence-corrected chi connectivity index (χ4v) is 3.13. The first-order valence-corrected chi connectivity index (χ1v) is 8.13. The predicted octanol–water partition coefficient (Wildman–Crippen LogP) is 3.56. The third kappa shape index (κ3) is 3.55. The van der Waals surface area contributed by atoms with E-state index in [0.29, 0.717) is 11.1 Å². The molecule has 4 nitrogen and oxygen atoms in total. The molecule has 1 aliphatic rings. The highest BCUT2D eigenvalue weighted by molar-refractivity contribution is 5.92. The maximum Gasteiger partial charge on any atom is 0.272 e. The standard InChI is InChI=1S/C17H27N3O/c1-4-17(5-2)9-11-20(12-10-17)16(21)15-8-7-14(13-19-15)18-6-3/h7-8,13,18H,4-6,9-12H2,1-3H3. The van der Waals surface area contributed by atoms with Crippen LogP contribution in [0.1, 0.15) is 56.9 Å². The van der Waals surface area contributed by atoms with Crippen molar-refractivity contribution >= 4 is 11.6 Å². The molecule has 0 aliphatic carbocycles. The normalized spacial score (nSPS) is 17.6. The van der Waals surface area contributed by atoms with Crippen molar-refractivity contribution in [3.05, 3.63) is 24.0 Å². The van der Waals surface area contributed by atoms with E-state index in [1.807, 2.05) is 24.0 Å². The maximum atomic E-state index is 12.5. The molecule has 116 valence electrons. The minimum Gasteiger partial charge on any atom is -0.384 e. The van der Waals surface area contributed by atoms with Gasteiger partial charge in [0, 0.05) is 19.6 Å². The fourth-order valence-electron chi connectivity index (χ4n) is 3.13. The van der Waals surface area contributed by atoms with Gasteiger partial charge in [0.05, 0.1) is 11.9 Å². The molecular formula is C17H27N3O. The van der Waals surface area contributed by atoms with Gasteiger partial charge in [-0.15, -0.1) is 0 Å². The highest BCUT2D eigenvalue weighted by Gasteiger charge is 2.33. The Hall–Kier alpha value is -1.58. The molecule has 0 atom stereocenters. The second kappa shape index (κ2) is 6.92. The molecule has 0 spiro atoms. The van der Waals surface area contributed by atoms with E-state index in [4.69, 9.17) is 0 Å². The van der Waals surface area contributed by atoms with Crippen molar-refractivity contribution in [3.63, 3.8) is 0 Å². The monoisotopic (exact) mass is 289 g/mol. The quantitative estimate of drug-likeness (QED) is 0.901. The number of nitrogens with one attached hydrogen (secondary N) is 1. The molecule has 2 rings (SSSR count). The Morgan fingerprint density at radius 3 is 2.38 bits per heavy atom. The molecule has 1 aliphatic heterocycles. The van der Waals surface area contributed by atoms with Gasteiger partial charge in [-0.3, -0.25) is 4.79 Å². The van der Waals surface area contributed by atoms with Crippen LogP contribution in [0.5, 0.6) is 0 Å². The number of nitrogens with zero attached hydrogens (tertiary/aromatic N) is 2. The highest BCUT2D eigenvalue weighted by Crippen LogP contribution is 2.38. The first kappa shape index (κ1) is 15.8. The van der Waals surface area contributed by atoms with Crippen LogP contribution in [-0.2, 0) is 0 Å². The topological polar surface area (TPSA) is 45.2 Å². The Labute approximate surface area is 127 Å². The van der Waals surface area contributed by atoms with Gasteiger partial charge in [0.1, 0.15) is 5.69 Å². The van der Waals surface area contributed by atoms with Crippen molar-refractivity contribution in [1.29, 1.82) is 0 Å². The van der Waals surface area contributed by atoms with Gasteiger partial charge in [0.2, 0.25) is 0 Å². The van der Waals surface area contributed by atoms with Crippen LogP contribution in [0.2, 0.25) is 0 Å². The molecule has 1 saturated heterocycles. The average molecular weight is 289 g/mol. The molecule has 1 aromatic rings. The van der Waals surface area contributed by atoms with Gasteiger partial charge in [-0.25, -0.2) is 4.98 Å². The van der Waals surface area contributed by atoms with Gasteiger partial charge < -0.3 is 10.2 Å². The number of aromatic nitrogens is 1. The zero-order chi connectivity index (χ0) is 15.3. The molecule has 1 N–H and O–H groups in total.